The maximum absolute atomic E-state index is 5.03. The minimum absolute atomic E-state index is 0.384. The summed E-state index contributed by atoms with van der Waals surface area (Å²) in [5.41, 5.74) is 0. The molecule has 1 aromatic rings. The van der Waals surface area contributed by atoms with Gasteiger partial charge in [-0.25, -0.2) is 9.97 Å². The number of aromatic nitrogens is 2. The maximum atomic E-state index is 5.03. The van der Waals surface area contributed by atoms with Crippen LogP contribution in [0.3, 0.4) is 0 Å². The molecule has 14 heavy (non-hydrogen) atoms. The molecule has 0 radical (unpaired) electrons. The van der Waals surface area contributed by atoms with Gasteiger partial charge in [-0.05, 0) is 6.92 Å². The Kier molecular flexibility index (Phi) is 4.13. The smallest absolute Gasteiger partial charge is 0.218 e. The largest absolute Gasteiger partial charge is 0.481 e. The molecule has 0 N–H and O–H groups in total. The summed E-state index contributed by atoms with van der Waals surface area (Å²) in [6, 6.07) is 2.20. The molecule has 0 saturated heterocycles. The Morgan fingerprint density at radius 1 is 1.57 bits per heavy atom. The first-order valence-corrected chi connectivity index (χ1v) is 5.46. The van der Waals surface area contributed by atoms with Crippen molar-refractivity contribution in [1.29, 1.82) is 0 Å². The fourth-order valence-corrected chi connectivity index (χ4v) is 1.40. The van der Waals surface area contributed by atoms with Crippen molar-refractivity contribution in [3.05, 3.63) is 12.4 Å². The minimum Gasteiger partial charge on any atom is -0.481 e. The Labute approximate surface area is 92.4 Å². The molecule has 0 aromatic carbocycles. The van der Waals surface area contributed by atoms with Gasteiger partial charge in [0.2, 0.25) is 5.88 Å². The van der Waals surface area contributed by atoms with Crippen LogP contribution in [0.5, 0.6) is 5.88 Å². The van der Waals surface area contributed by atoms with E-state index in [4.69, 9.17) is 4.74 Å². The van der Waals surface area contributed by atoms with Crippen molar-refractivity contribution >= 4 is 21.7 Å². The molecule has 0 aliphatic rings. The number of anilines is 1. The van der Waals surface area contributed by atoms with Crippen LogP contribution in [0.25, 0.3) is 0 Å². The van der Waals surface area contributed by atoms with Gasteiger partial charge in [-0.1, -0.05) is 15.9 Å². The average molecular weight is 260 g/mol. The summed E-state index contributed by atoms with van der Waals surface area (Å²) in [6.45, 7) is 2.11. The van der Waals surface area contributed by atoms with E-state index in [-0.39, 0.29) is 0 Å². The lowest BCUT2D eigenvalue weighted by molar-refractivity contribution is 0.396. The predicted molar refractivity (Wildman–Crippen MR) is 60.2 cm³/mol. The van der Waals surface area contributed by atoms with E-state index in [1.165, 1.54) is 6.33 Å². The first kappa shape index (κ1) is 11.2. The highest BCUT2D eigenvalue weighted by molar-refractivity contribution is 9.09. The summed E-state index contributed by atoms with van der Waals surface area (Å²) < 4.78 is 5.03. The van der Waals surface area contributed by atoms with Crippen molar-refractivity contribution in [3.63, 3.8) is 0 Å². The summed E-state index contributed by atoms with van der Waals surface area (Å²) in [5.74, 6) is 1.45. The van der Waals surface area contributed by atoms with Crippen molar-refractivity contribution < 1.29 is 4.74 Å². The summed E-state index contributed by atoms with van der Waals surface area (Å²) in [7, 11) is 3.59. The summed E-state index contributed by atoms with van der Waals surface area (Å²) in [6.07, 6.45) is 1.51. The third-order valence-electron chi connectivity index (χ3n) is 2.08. The van der Waals surface area contributed by atoms with Gasteiger partial charge in [-0.3, -0.25) is 0 Å². The topological polar surface area (TPSA) is 38.2 Å². The highest BCUT2D eigenvalue weighted by atomic mass is 79.9. The highest BCUT2D eigenvalue weighted by Gasteiger charge is 2.10. The van der Waals surface area contributed by atoms with Crippen molar-refractivity contribution in [3.8, 4) is 5.88 Å². The van der Waals surface area contributed by atoms with Crippen molar-refractivity contribution in [2.24, 2.45) is 0 Å². The van der Waals surface area contributed by atoms with Gasteiger partial charge in [-0.2, -0.15) is 0 Å². The fraction of sp³-hybridized carbons (Fsp3) is 0.556. The zero-order valence-electron chi connectivity index (χ0n) is 8.57. The number of methoxy groups -OCH3 is 1. The van der Waals surface area contributed by atoms with Gasteiger partial charge in [0.05, 0.1) is 7.11 Å². The third kappa shape index (κ3) is 2.57. The second-order valence-corrected chi connectivity index (χ2v) is 3.68. The molecule has 0 spiro atoms. The lowest BCUT2D eigenvalue weighted by atomic mass is 10.3. The van der Waals surface area contributed by atoms with E-state index >= 15 is 0 Å². The number of rotatable bonds is 4. The molecule has 1 unspecified atom stereocenters. The fourth-order valence-electron chi connectivity index (χ4n) is 0.964. The Hall–Kier alpha value is -0.840. The molecule has 0 amide bonds. The quantitative estimate of drug-likeness (QED) is 0.772. The first-order valence-electron chi connectivity index (χ1n) is 4.34. The van der Waals surface area contributed by atoms with Crippen LogP contribution in [0.4, 0.5) is 5.82 Å². The molecule has 0 bridgehead atoms. The van der Waals surface area contributed by atoms with Crippen molar-refractivity contribution in [2.75, 3.05) is 24.4 Å². The lowest BCUT2D eigenvalue weighted by Gasteiger charge is -2.24. The third-order valence-corrected chi connectivity index (χ3v) is 3.02. The Bertz CT molecular complexity index is 295. The van der Waals surface area contributed by atoms with Crippen LogP contribution in [0.15, 0.2) is 12.4 Å². The predicted octanol–water partition coefficient (Wildman–Crippen LogP) is 1.70. The zero-order chi connectivity index (χ0) is 10.6. The average Bonchev–Trinajstić information content (AvgIpc) is 2.27. The molecule has 1 heterocycles. The molecule has 0 fully saturated rings. The number of alkyl halides is 1. The van der Waals surface area contributed by atoms with Crippen LogP contribution in [-0.4, -0.2) is 35.5 Å². The van der Waals surface area contributed by atoms with Gasteiger partial charge < -0.3 is 9.64 Å². The van der Waals surface area contributed by atoms with Crippen LogP contribution in [-0.2, 0) is 0 Å². The highest BCUT2D eigenvalue weighted by Crippen LogP contribution is 2.16. The van der Waals surface area contributed by atoms with E-state index in [0.29, 0.717) is 11.9 Å². The lowest BCUT2D eigenvalue weighted by Crippen LogP contribution is -2.30. The van der Waals surface area contributed by atoms with Crippen LogP contribution in [0.2, 0.25) is 0 Å². The number of hydrogen-bond acceptors (Lipinski definition) is 4. The van der Waals surface area contributed by atoms with Crippen LogP contribution in [0.1, 0.15) is 6.92 Å². The van der Waals surface area contributed by atoms with Gasteiger partial charge in [0.15, 0.2) is 0 Å². The molecule has 5 heteroatoms. The van der Waals surface area contributed by atoms with Gasteiger partial charge in [0, 0.05) is 24.5 Å². The van der Waals surface area contributed by atoms with Crippen molar-refractivity contribution in [2.45, 2.75) is 13.0 Å². The Morgan fingerprint density at radius 2 is 2.29 bits per heavy atom. The first-order chi connectivity index (χ1) is 6.69. The van der Waals surface area contributed by atoms with E-state index in [2.05, 4.69) is 37.7 Å². The molecule has 0 saturated carbocycles. The number of nitrogens with zero attached hydrogens (tertiary/aromatic N) is 3. The SMILES string of the molecule is COc1cc(N(C)C(C)CBr)ncn1. The zero-order valence-corrected chi connectivity index (χ0v) is 10.2. The van der Waals surface area contributed by atoms with E-state index in [1.807, 2.05) is 13.1 Å². The minimum atomic E-state index is 0.384. The summed E-state index contributed by atoms with van der Waals surface area (Å²) in [5, 5.41) is 0.899. The molecule has 4 nitrogen and oxygen atoms in total. The van der Waals surface area contributed by atoms with Gasteiger partial charge in [0.1, 0.15) is 12.1 Å². The van der Waals surface area contributed by atoms with E-state index in [9.17, 15) is 0 Å². The number of hydrogen-bond donors (Lipinski definition) is 0. The second kappa shape index (κ2) is 5.14. The van der Waals surface area contributed by atoms with Crippen LogP contribution >= 0.6 is 15.9 Å². The number of halogens is 1. The standard InChI is InChI=1S/C9H14BrN3O/c1-7(5-10)13(2)8-4-9(14-3)12-6-11-8/h4,6-7H,5H2,1-3H3. The van der Waals surface area contributed by atoms with Crippen LogP contribution < -0.4 is 9.64 Å². The molecule has 0 aliphatic heterocycles. The summed E-state index contributed by atoms with van der Waals surface area (Å²) >= 11 is 3.43. The van der Waals surface area contributed by atoms with E-state index in [0.717, 1.165) is 11.1 Å². The second-order valence-electron chi connectivity index (χ2n) is 3.03. The molecular weight excluding hydrogens is 246 g/mol. The summed E-state index contributed by atoms with van der Waals surface area (Å²) in [4.78, 5) is 10.2. The molecule has 1 rings (SSSR count). The monoisotopic (exact) mass is 259 g/mol. The van der Waals surface area contributed by atoms with Gasteiger partial charge >= 0.3 is 0 Å². The molecule has 1 aromatic heterocycles. The molecule has 78 valence electrons. The molecule has 0 aliphatic carbocycles. The van der Waals surface area contributed by atoms with Gasteiger partial charge in [-0.15, -0.1) is 0 Å². The Balaban J connectivity index is 2.83. The van der Waals surface area contributed by atoms with E-state index in [1.54, 1.807) is 7.11 Å². The normalized spacial score (nSPS) is 12.3. The Morgan fingerprint density at radius 3 is 2.86 bits per heavy atom. The molecule has 1 atom stereocenters. The van der Waals surface area contributed by atoms with Gasteiger partial charge in [0.25, 0.3) is 0 Å². The van der Waals surface area contributed by atoms with E-state index < -0.39 is 0 Å². The van der Waals surface area contributed by atoms with Crippen molar-refractivity contribution in [1.82, 2.24) is 9.97 Å². The van der Waals surface area contributed by atoms with Crippen LogP contribution in [0, 0.1) is 0 Å². The number of ether oxygens (including phenoxy) is 1. The molecular formula is C9H14BrN3O. The maximum Gasteiger partial charge on any atom is 0.218 e.